The highest BCUT2D eigenvalue weighted by Crippen LogP contribution is 2.49. The van der Waals surface area contributed by atoms with Gasteiger partial charge < -0.3 is 14.5 Å². The smallest absolute Gasteiger partial charge is 0.240 e. The quantitative estimate of drug-likeness (QED) is 0.226. The third-order valence-corrected chi connectivity index (χ3v) is 8.56. The standard InChI is InChI=1S/C32H27ClN4O4S/c1-40-23-15-13-22(14-16-23)37-32-29(30(35-37)21-8-3-2-4-9-21)31(25-11-5-6-12-26(25)33)42-20-28(39)36(32)19-27(38)34-18-24-10-7-17-41-24/h2-17,31H,18-20H2,1H3,(H,34,38). The number of carbonyl (C=O) groups is 2. The summed E-state index contributed by atoms with van der Waals surface area (Å²) in [6, 6.07) is 28.4. The summed E-state index contributed by atoms with van der Waals surface area (Å²) >= 11 is 8.23. The number of hydrogen-bond acceptors (Lipinski definition) is 6. The van der Waals surface area contributed by atoms with Gasteiger partial charge >= 0.3 is 0 Å². The molecule has 1 aliphatic rings. The second-order valence-corrected chi connectivity index (χ2v) is 11.1. The average molecular weight is 599 g/mol. The van der Waals surface area contributed by atoms with Crippen molar-refractivity contribution in [1.82, 2.24) is 15.1 Å². The van der Waals surface area contributed by atoms with Gasteiger partial charge in [-0.15, -0.1) is 11.8 Å². The van der Waals surface area contributed by atoms with Crippen LogP contribution in [-0.2, 0) is 16.1 Å². The Hall–Kier alpha value is -4.47. The van der Waals surface area contributed by atoms with Gasteiger partial charge in [-0.05, 0) is 48.0 Å². The number of nitrogens with one attached hydrogen (secondary N) is 1. The second-order valence-electron chi connectivity index (χ2n) is 9.61. The van der Waals surface area contributed by atoms with Crippen molar-refractivity contribution in [3.05, 3.63) is 119 Å². The van der Waals surface area contributed by atoms with Crippen LogP contribution in [0.2, 0.25) is 5.02 Å². The Labute approximate surface area is 252 Å². The van der Waals surface area contributed by atoms with Crippen LogP contribution in [0.15, 0.2) is 102 Å². The number of ether oxygens (including phenoxy) is 1. The molecule has 0 aliphatic carbocycles. The van der Waals surface area contributed by atoms with E-state index in [0.29, 0.717) is 33.7 Å². The number of anilines is 1. The summed E-state index contributed by atoms with van der Waals surface area (Å²) in [7, 11) is 1.61. The molecule has 0 fully saturated rings. The predicted octanol–water partition coefficient (Wildman–Crippen LogP) is 6.28. The number of thioether (sulfide) groups is 1. The first-order valence-corrected chi connectivity index (χ1v) is 14.7. The molecule has 1 aliphatic heterocycles. The fraction of sp³-hybridized carbons (Fsp3) is 0.156. The fourth-order valence-electron chi connectivity index (χ4n) is 4.96. The second kappa shape index (κ2) is 12.2. The molecule has 0 bridgehead atoms. The lowest BCUT2D eigenvalue weighted by Crippen LogP contribution is -2.42. The number of nitrogens with zero attached hydrogens (tertiary/aromatic N) is 3. The Bertz CT molecular complexity index is 1700. The Balaban J connectivity index is 1.54. The van der Waals surface area contributed by atoms with Crippen molar-refractivity contribution in [1.29, 1.82) is 0 Å². The molecule has 3 aromatic carbocycles. The normalized spacial score (nSPS) is 14.8. The van der Waals surface area contributed by atoms with Gasteiger partial charge in [0.05, 0.1) is 42.3 Å². The third-order valence-electron chi connectivity index (χ3n) is 6.98. The average Bonchev–Trinajstić information content (AvgIpc) is 3.66. The van der Waals surface area contributed by atoms with Crippen molar-refractivity contribution >= 4 is 41.0 Å². The molecule has 1 unspecified atom stereocenters. The number of aromatic nitrogens is 2. The number of benzene rings is 3. The van der Waals surface area contributed by atoms with Gasteiger partial charge in [0, 0.05) is 16.1 Å². The Morgan fingerprint density at radius 1 is 1.05 bits per heavy atom. The number of methoxy groups -OCH3 is 1. The lowest BCUT2D eigenvalue weighted by atomic mass is 9.99. The first-order valence-electron chi connectivity index (χ1n) is 13.3. The van der Waals surface area contributed by atoms with Crippen molar-refractivity contribution in [2.45, 2.75) is 11.8 Å². The molecule has 2 amide bonds. The van der Waals surface area contributed by atoms with E-state index in [0.717, 1.165) is 16.7 Å². The van der Waals surface area contributed by atoms with Crippen LogP contribution < -0.4 is 15.0 Å². The van der Waals surface area contributed by atoms with Crippen LogP contribution in [0.4, 0.5) is 5.82 Å². The zero-order valence-corrected chi connectivity index (χ0v) is 24.3. The van der Waals surface area contributed by atoms with E-state index in [9.17, 15) is 9.59 Å². The Morgan fingerprint density at radius 3 is 2.52 bits per heavy atom. The summed E-state index contributed by atoms with van der Waals surface area (Å²) in [5.74, 6) is 1.44. The van der Waals surface area contributed by atoms with Crippen LogP contribution in [0.1, 0.15) is 22.1 Å². The van der Waals surface area contributed by atoms with E-state index < -0.39 is 0 Å². The molecule has 2 aromatic heterocycles. The summed E-state index contributed by atoms with van der Waals surface area (Å²) < 4.78 is 12.5. The molecule has 0 saturated carbocycles. The van der Waals surface area contributed by atoms with Gasteiger partial charge in [0.2, 0.25) is 11.8 Å². The summed E-state index contributed by atoms with van der Waals surface area (Å²) in [6.07, 6.45) is 1.55. The molecule has 1 atom stereocenters. The van der Waals surface area contributed by atoms with Gasteiger partial charge in [-0.1, -0.05) is 60.1 Å². The van der Waals surface area contributed by atoms with Crippen molar-refractivity contribution in [2.75, 3.05) is 24.3 Å². The van der Waals surface area contributed by atoms with Gasteiger partial charge in [-0.25, -0.2) is 4.68 Å². The van der Waals surface area contributed by atoms with E-state index in [-0.39, 0.29) is 35.9 Å². The van der Waals surface area contributed by atoms with E-state index in [4.69, 9.17) is 25.9 Å². The number of halogens is 1. The highest BCUT2D eigenvalue weighted by molar-refractivity contribution is 8.00. The van der Waals surface area contributed by atoms with Crippen LogP contribution in [0.5, 0.6) is 5.75 Å². The lowest BCUT2D eigenvalue weighted by Gasteiger charge is -2.23. The summed E-state index contributed by atoms with van der Waals surface area (Å²) in [5, 5.41) is 8.23. The molecule has 0 saturated heterocycles. The van der Waals surface area contributed by atoms with Gasteiger partial charge in [0.1, 0.15) is 23.9 Å². The van der Waals surface area contributed by atoms with Crippen molar-refractivity contribution < 1.29 is 18.7 Å². The highest BCUT2D eigenvalue weighted by Gasteiger charge is 2.38. The van der Waals surface area contributed by atoms with Crippen LogP contribution in [0.25, 0.3) is 16.9 Å². The molecule has 5 aromatic rings. The zero-order valence-electron chi connectivity index (χ0n) is 22.7. The number of hydrogen-bond donors (Lipinski definition) is 1. The van der Waals surface area contributed by atoms with Gasteiger partial charge in [0.15, 0.2) is 0 Å². The van der Waals surface area contributed by atoms with Gasteiger partial charge in [-0.3, -0.25) is 14.5 Å². The fourth-order valence-corrected chi connectivity index (χ4v) is 6.51. The molecule has 3 heterocycles. The minimum absolute atomic E-state index is 0.146. The number of amides is 2. The minimum atomic E-state index is -0.323. The molecule has 10 heteroatoms. The maximum atomic E-state index is 13.8. The number of rotatable bonds is 8. The van der Waals surface area contributed by atoms with E-state index in [1.54, 1.807) is 30.2 Å². The molecule has 42 heavy (non-hydrogen) atoms. The molecule has 0 spiro atoms. The van der Waals surface area contributed by atoms with E-state index >= 15 is 0 Å². The molecule has 8 nitrogen and oxygen atoms in total. The largest absolute Gasteiger partial charge is 0.497 e. The number of furan rings is 1. The van der Waals surface area contributed by atoms with E-state index in [2.05, 4.69) is 5.32 Å². The first kappa shape index (κ1) is 27.7. The summed E-state index contributed by atoms with van der Waals surface area (Å²) in [5.41, 5.74) is 3.98. The molecule has 212 valence electrons. The number of carbonyl (C=O) groups excluding carboxylic acids is 2. The van der Waals surface area contributed by atoms with E-state index in [1.165, 1.54) is 16.7 Å². The minimum Gasteiger partial charge on any atom is -0.497 e. The van der Waals surface area contributed by atoms with Crippen molar-refractivity contribution in [3.8, 4) is 22.7 Å². The monoisotopic (exact) mass is 598 g/mol. The van der Waals surface area contributed by atoms with Crippen LogP contribution in [0, 0.1) is 0 Å². The molecule has 6 rings (SSSR count). The lowest BCUT2D eigenvalue weighted by molar-refractivity contribution is -0.123. The van der Waals surface area contributed by atoms with Crippen molar-refractivity contribution in [3.63, 3.8) is 0 Å². The van der Waals surface area contributed by atoms with Crippen LogP contribution in [-0.4, -0.2) is 41.0 Å². The van der Waals surface area contributed by atoms with Gasteiger partial charge in [-0.2, -0.15) is 5.10 Å². The third kappa shape index (κ3) is 5.53. The molecular weight excluding hydrogens is 572 g/mol. The predicted molar refractivity (Wildman–Crippen MR) is 164 cm³/mol. The maximum Gasteiger partial charge on any atom is 0.240 e. The molecule has 0 radical (unpaired) electrons. The summed E-state index contributed by atoms with van der Waals surface area (Å²) in [6.45, 7) is 0.0170. The number of fused-ring (bicyclic) bond motifs is 1. The topological polar surface area (TPSA) is 89.6 Å². The van der Waals surface area contributed by atoms with Crippen molar-refractivity contribution in [2.24, 2.45) is 0 Å². The zero-order chi connectivity index (χ0) is 29.1. The Kier molecular flexibility index (Phi) is 8.03. The SMILES string of the molecule is COc1ccc(-n2nc(-c3ccccc3)c3c2N(CC(=O)NCc2ccco2)C(=O)CSC3c2ccccc2Cl)cc1. The highest BCUT2D eigenvalue weighted by atomic mass is 35.5. The summed E-state index contributed by atoms with van der Waals surface area (Å²) in [4.78, 5) is 28.6. The molecular formula is C32H27ClN4O4S. The van der Waals surface area contributed by atoms with E-state index in [1.807, 2.05) is 78.9 Å². The van der Waals surface area contributed by atoms with Crippen LogP contribution in [0.3, 0.4) is 0 Å². The van der Waals surface area contributed by atoms with Crippen LogP contribution >= 0.6 is 23.4 Å². The van der Waals surface area contributed by atoms with Gasteiger partial charge in [0.25, 0.3) is 0 Å². The Morgan fingerprint density at radius 2 is 1.81 bits per heavy atom. The maximum absolute atomic E-state index is 13.8. The first-order chi connectivity index (χ1) is 20.5. The molecule has 1 N–H and O–H groups in total.